The third kappa shape index (κ3) is 5.75. The number of hydrogen-bond acceptors (Lipinski definition) is 4. The summed E-state index contributed by atoms with van der Waals surface area (Å²) in [5.41, 5.74) is 6.78. The molecule has 2 rings (SSSR count). The highest BCUT2D eigenvalue weighted by Gasteiger charge is 2.13. The van der Waals surface area contributed by atoms with Crippen LogP contribution >= 0.6 is 35.7 Å². The molecule has 5 nitrogen and oxygen atoms in total. The van der Waals surface area contributed by atoms with Crippen molar-refractivity contribution in [3.8, 4) is 11.5 Å². The van der Waals surface area contributed by atoms with E-state index in [0.29, 0.717) is 23.4 Å². The van der Waals surface area contributed by atoms with Gasteiger partial charge in [0.05, 0.1) is 14.2 Å². The fourth-order valence-electron chi connectivity index (χ4n) is 2.28. The van der Waals surface area contributed by atoms with Crippen LogP contribution in [0.15, 0.2) is 23.2 Å². The molecule has 1 aliphatic rings. The van der Waals surface area contributed by atoms with Gasteiger partial charge in [0, 0.05) is 18.3 Å². The molecule has 0 radical (unpaired) electrons. The van der Waals surface area contributed by atoms with Crippen molar-refractivity contribution in [3.05, 3.63) is 18.2 Å². The van der Waals surface area contributed by atoms with Crippen LogP contribution in [-0.2, 0) is 0 Å². The highest BCUT2D eigenvalue weighted by atomic mass is 127. The minimum Gasteiger partial charge on any atom is -0.493 e. The lowest BCUT2D eigenvalue weighted by Gasteiger charge is -2.19. The summed E-state index contributed by atoms with van der Waals surface area (Å²) in [7, 11) is 3.22. The Morgan fingerprint density at radius 1 is 1.36 bits per heavy atom. The van der Waals surface area contributed by atoms with Gasteiger partial charge in [-0.3, -0.25) is 4.99 Å². The molecule has 124 valence electrons. The third-order valence-corrected chi connectivity index (χ3v) is 4.71. The SMILES string of the molecule is COc1ccc(NC(N)=NCC2CCCSC2)cc1OC.I. The van der Waals surface area contributed by atoms with Crippen LogP contribution in [0, 0.1) is 5.92 Å². The van der Waals surface area contributed by atoms with Crippen LogP contribution in [0.3, 0.4) is 0 Å². The first kappa shape index (κ1) is 19.2. The lowest BCUT2D eigenvalue weighted by molar-refractivity contribution is 0.355. The van der Waals surface area contributed by atoms with Gasteiger partial charge in [-0.2, -0.15) is 11.8 Å². The molecule has 0 spiro atoms. The average molecular weight is 437 g/mol. The Morgan fingerprint density at radius 3 is 2.77 bits per heavy atom. The fourth-order valence-corrected chi connectivity index (χ4v) is 3.42. The molecule has 0 amide bonds. The van der Waals surface area contributed by atoms with E-state index >= 15 is 0 Å². The molecule has 1 aliphatic heterocycles. The number of nitrogens with one attached hydrogen (secondary N) is 1. The Morgan fingerprint density at radius 2 is 2.14 bits per heavy atom. The Labute approximate surface area is 153 Å². The molecule has 22 heavy (non-hydrogen) atoms. The summed E-state index contributed by atoms with van der Waals surface area (Å²) in [6, 6.07) is 5.57. The molecule has 3 N–H and O–H groups in total. The van der Waals surface area contributed by atoms with Crippen LogP contribution in [0.25, 0.3) is 0 Å². The maximum Gasteiger partial charge on any atom is 0.193 e. The van der Waals surface area contributed by atoms with Gasteiger partial charge in [0.25, 0.3) is 0 Å². The van der Waals surface area contributed by atoms with Gasteiger partial charge in [0.2, 0.25) is 0 Å². The Hall–Kier alpha value is -0.830. The topological polar surface area (TPSA) is 68.9 Å². The maximum atomic E-state index is 5.94. The van der Waals surface area contributed by atoms with Crippen molar-refractivity contribution in [2.75, 3.05) is 37.6 Å². The predicted octanol–water partition coefficient (Wildman–Crippen LogP) is 3.19. The van der Waals surface area contributed by atoms with Crippen molar-refractivity contribution in [2.45, 2.75) is 12.8 Å². The van der Waals surface area contributed by atoms with Crippen molar-refractivity contribution >= 4 is 47.4 Å². The number of benzene rings is 1. The lowest BCUT2D eigenvalue weighted by Crippen LogP contribution is -2.24. The van der Waals surface area contributed by atoms with E-state index in [1.165, 1.54) is 24.3 Å². The monoisotopic (exact) mass is 437 g/mol. The molecule has 1 heterocycles. The van der Waals surface area contributed by atoms with Gasteiger partial charge in [-0.1, -0.05) is 0 Å². The highest BCUT2D eigenvalue weighted by Crippen LogP contribution is 2.29. The van der Waals surface area contributed by atoms with E-state index in [2.05, 4.69) is 10.3 Å². The zero-order valence-corrected chi connectivity index (χ0v) is 16.1. The van der Waals surface area contributed by atoms with Crippen molar-refractivity contribution in [3.63, 3.8) is 0 Å². The number of anilines is 1. The van der Waals surface area contributed by atoms with Gasteiger partial charge >= 0.3 is 0 Å². The second-order valence-electron chi connectivity index (χ2n) is 5.00. The van der Waals surface area contributed by atoms with Gasteiger partial charge in [-0.05, 0) is 42.4 Å². The Balaban J connectivity index is 0.00000242. The van der Waals surface area contributed by atoms with Crippen LogP contribution in [0.5, 0.6) is 11.5 Å². The van der Waals surface area contributed by atoms with Crippen LogP contribution in [-0.4, -0.2) is 38.2 Å². The number of ether oxygens (including phenoxy) is 2. The molecule has 1 saturated heterocycles. The number of thioether (sulfide) groups is 1. The molecule has 1 fully saturated rings. The van der Waals surface area contributed by atoms with Crippen molar-refractivity contribution in [2.24, 2.45) is 16.6 Å². The van der Waals surface area contributed by atoms with Crippen LogP contribution in [0.2, 0.25) is 0 Å². The normalized spacial score (nSPS) is 18.3. The highest BCUT2D eigenvalue weighted by molar-refractivity contribution is 14.0. The van der Waals surface area contributed by atoms with E-state index in [4.69, 9.17) is 15.2 Å². The fraction of sp³-hybridized carbons (Fsp3) is 0.533. The first-order valence-corrected chi connectivity index (χ1v) is 8.25. The zero-order chi connectivity index (χ0) is 15.1. The number of hydrogen-bond donors (Lipinski definition) is 2. The number of halogens is 1. The van der Waals surface area contributed by atoms with E-state index in [1.807, 2.05) is 30.0 Å². The Bertz CT molecular complexity index is 494. The predicted molar refractivity (Wildman–Crippen MR) is 105 cm³/mol. The molecule has 1 unspecified atom stereocenters. The van der Waals surface area contributed by atoms with Crippen LogP contribution in [0.4, 0.5) is 5.69 Å². The largest absolute Gasteiger partial charge is 0.493 e. The third-order valence-electron chi connectivity index (χ3n) is 3.43. The summed E-state index contributed by atoms with van der Waals surface area (Å²) < 4.78 is 10.5. The zero-order valence-electron chi connectivity index (χ0n) is 13.0. The molecule has 0 saturated carbocycles. The summed E-state index contributed by atoms with van der Waals surface area (Å²) >= 11 is 2.01. The van der Waals surface area contributed by atoms with E-state index in [0.717, 1.165) is 12.2 Å². The summed E-state index contributed by atoms with van der Waals surface area (Å²) in [5, 5.41) is 3.09. The molecular weight excluding hydrogens is 413 g/mol. The van der Waals surface area contributed by atoms with Gasteiger partial charge in [-0.15, -0.1) is 24.0 Å². The van der Waals surface area contributed by atoms with Crippen LogP contribution in [0.1, 0.15) is 12.8 Å². The second-order valence-corrected chi connectivity index (χ2v) is 6.15. The quantitative estimate of drug-likeness (QED) is 0.421. The molecule has 0 bridgehead atoms. The number of guanidine groups is 1. The number of nitrogens with zero attached hydrogens (tertiary/aromatic N) is 1. The summed E-state index contributed by atoms with van der Waals surface area (Å²) in [5.74, 6) is 4.91. The Kier molecular flexibility index (Phi) is 8.77. The molecule has 1 aromatic carbocycles. The smallest absolute Gasteiger partial charge is 0.193 e. The number of methoxy groups -OCH3 is 2. The second kappa shape index (κ2) is 10.0. The number of aliphatic imine (C=N–C) groups is 1. The van der Waals surface area contributed by atoms with Gasteiger partial charge in [0.15, 0.2) is 17.5 Å². The van der Waals surface area contributed by atoms with E-state index in [1.54, 1.807) is 14.2 Å². The van der Waals surface area contributed by atoms with E-state index in [9.17, 15) is 0 Å². The summed E-state index contributed by atoms with van der Waals surface area (Å²) in [6.07, 6.45) is 2.54. The summed E-state index contributed by atoms with van der Waals surface area (Å²) in [4.78, 5) is 4.44. The minimum atomic E-state index is 0. The standard InChI is InChI=1S/C15H23N3O2S.HI/c1-19-13-6-5-12(8-14(13)20-2)18-15(16)17-9-11-4-3-7-21-10-11;/h5-6,8,11H,3-4,7,9-10H2,1-2H3,(H3,16,17,18);1H. The van der Waals surface area contributed by atoms with Crippen molar-refractivity contribution < 1.29 is 9.47 Å². The van der Waals surface area contributed by atoms with Crippen LogP contribution < -0.4 is 20.5 Å². The van der Waals surface area contributed by atoms with Gasteiger partial charge in [0.1, 0.15) is 0 Å². The average Bonchev–Trinajstić information content (AvgIpc) is 2.53. The first-order valence-electron chi connectivity index (χ1n) is 7.09. The van der Waals surface area contributed by atoms with Crippen molar-refractivity contribution in [1.29, 1.82) is 0 Å². The molecule has 7 heteroatoms. The molecular formula is C15H24IN3O2S. The molecule has 0 aromatic heterocycles. The first-order chi connectivity index (χ1) is 10.2. The maximum absolute atomic E-state index is 5.94. The van der Waals surface area contributed by atoms with E-state index < -0.39 is 0 Å². The lowest BCUT2D eigenvalue weighted by atomic mass is 10.1. The van der Waals surface area contributed by atoms with Gasteiger partial charge < -0.3 is 20.5 Å². The molecule has 0 aliphatic carbocycles. The van der Waals surface area contributed by atoms with E-state index in [-0.39, 0.29) is 24.0 Å². The number of rotatable bonds is 5. The molecule has 1 aromatic rings. The summed E-state index contributed by atoms with van der Waals surface area (Å²) in [6.45, 7) is 0.791. The van der Waals surface area contributed by atoms with Crippen molar-refractivity contribution in [1.82, 2.24) is 0 Å². The van der Waals surface area contributed by atoms with Gasteiger partial charge in [-0.25, -0.2) is 0 Å². The minimum absolute atomic E-state index is 0. The number of nitrogens with two attached hydrogens (primary N) is 1. The molecule has 1 atom stereocenters.